The number of likely N-dealkylation sites (N-methyl/N-ethyl adjacent to an activating group) is 1. The van der Waals surface area contributed by atoms with Crippen LogP contribution in [0.25, 0.3) is 0 Å². The fourth-order valence-corrected chi connectivity index (χ4v) is 4.40. The Bertz CT molecular complexity index is 927. The summed E-state index contributed by atoms with van der Waals surface area (Å²) in [4.78, 5) is 26.0. The van der Waals surface area contributed by atoms with Gasteiger partial charge >= 0.3 is 0 Å². The Morgan fingerprint density at radius 3 is 2.93 bits per heavy atom. The number of benzene rings is 1. The summed E-state index contributed by atoms with van der Waals surface area (Å²) in [6.07, 6.45) is 4.17. The molecule has 0 bridgehead atoms. The second kappa shape index (κ2) is 9.66. The van der Waals surface area contributed by atoms with Crippen LogP contribution < -0.4 is 5.32 Å². The second-order valence-electron chi connectivity index (χ2n) is 6.76. The van der Waals surface area contributed by atoms with Crippen LogP contribution in [-0.4, -0.2) is 60.8 Å². The zero-order valence-electron chi connectivity index (χ0n) is 17.7. The maximum atomic E-state index is 12.3. The molecule has 2 aliphatic rings. The number of fused-ring (bicyclic) bond motifs is 1. The van der Waals surface area contributed by atoms with Crippen molar-refractivity contribution < 1.29 is 14.5 Å². The molecule has 1 N–H and O–H groups in total. The Balaban J connectivity index is 1.66. The molecule has 0 aliphatic carbocycles. The lowest BCUT2D eigenvalue weighted by Gasteiger charge is -2.21. The van der Waals surface area contributed by atoms with Gasteiger partial charge in [-0.2, -0.15) is 5.10 Å². The van der Waals surface area contributed by atoms with E-state index < -0.39 is 0 Å². The number of oxime groups is 2. The first kappa shape index (κ1) is 21.7. The lowest BCUT2D eigenvalue weighted by molar-refractivity contribution is -0.114. The first-order valence-electron chi connectivity index (χ1n) is 9.45. The normalized spacial score (nSPS) is 18.4. The summed E-state index contributed by atoms with van der Waals surface area (Å²) in [6.45, 7) is 4.20. The van der Waals surface area contributed by atoms with Gasteiger partial charge in [0.2, 0.25) is 0 Å². The lowest BCUT2D eigenvalue weighted by atomic mass is 9.97. The van der Waals surface area contributed by atoms with E-state index in [0.29, 0.717) is 12.0 Å². The van der Waals surface area contributed by atoms with Crippen molar-refractivity contribution >= 4 is 35.9 Å². The number of nitrogens with zero attached hydrogens (tertiary/aromatic N) is 5. The van der Waals surface area contributed by atoms with Gasteiger partial charge in [-0.15, -0.1) is 0 Å². The highest BCUT2D eigenvalue weighted by Gasteiger charge is 2.35. The molecular weight excluding hydrogens is 404 g/mol. The van der Waals surface area contributed by atoms with Gasteiger partial charge in [-0.1, -0.05) is 40.3 Å². The molecule has 3 rings (SSSR count). The average Bonchev–Trinajstić information content (AvgIpc) is 3.24. The lowest BCUT2D eigenvalue weighted by Crippen LogP contribution is -2.30. The molecule has 0 fully saturated rings. The molecule has 160 valence electrons. The number of thioether (sulfide) groups is 1. The molecule has 0 radical (unpaired) electrons. The van der Waals surface area contributed by atoms with E-state index in [0.717, 1.165) is 16.8 Å². The molecule has 1 unspecified atom stereocenters. The molecule has 0 saturated heterocycles. The maximum Gasteiger partial charge on any atom is 0.273 e. The van der Waals surface area contributed by atoms with Crippen LogP contribution in [0.5, 0.6) is 0 Å². The first-order chi connectivity index (χ1) is 14.5. The number of allylic oxidation sites excluding steroid dienone is 2. The van der Waals surface area contributed by atoms with Gasteiger partial charge in [0.05, 0.1) is 5.70 Å². The van der Waals surface area contributed by atoms with E-state index in [-0.39, 0.29) is 23.7 Å². The van der Waals surface area contributed by atoms with Crippen LogP contribution in [0, 0.1) is 6.92 Å². The summed E-state index contributed by atoms with van der Waals surface area (Å²) in [6, 6.07) is 5.69. The number of aryl methyl sites for hydroxylation is 1. The molecule has 1 amide bonds. The molecule has 2 aliphatic heterocycles. The van der Waals surface area contributed by atoms with Gasteiger partial charge in [-0.3, -0.25) is 4.79 Å². The number of carbonyl (C=O) groups is 1. The summed E-state index contributed by atoms with van der Waals surface area (Å²) in [5, 5.41) is 17.0. The zero-order valence-corrected chi connectivity index (χ0v) is 18.6. The highest BCUT2D eigenvalue weighted by atomic mass is 32.2. The molecule has 30 heavy (non-hydrogen) atoms. The molecule has 0 spiro atoms. The largest absolute Gasteiger partial charge is 0.398 e. The minimum absolute atomic E-state index is 0.187. The zero-order chi connectivity index (χ0) is 21.7. The summed E-state index contributed by atoms with van der Waals surface area (Å²) in [5.74, 6) is -0.331. The van der Waals surface area contributed by atoms with Crippen molar-refractivity contribution in [3.8, 4) is 0 Å². The van der Waals surface area contributed by atoms with Crippen LogP contribution in [0.4, 0.5) is 0 Å². The third-order valence-electron chi connectivity index (χ3n) is 4.76. The van der Waals surface area contributed by atoms with Gasteiger partial charge in [-0.05, 0) is 19.4 Å². The molecule has 2 heterocycles. The topological polar surface area (TPSA) is 91.1 Å². The SMILES string of the molecule is CNC(=O)/C(=N/OC)c1c(C)cccc1CON=CCC1=C(C)SC2N(C)C=NN12. The minimum Gasteiger partial charge on any atom is -0.398 e. The molecular formula is C20H26N6O3S. The van der Waals surface area contributed by atoms with Gasteiger partial charge in [0.15, 0.2) is 11.2 Å². The molecule has 9 nitrogen and oxygen atoms in total. The Hall–Kier alpha value is -3.01. The Kier molecular flexibility index (Phi) is 6.99. The van der Waals surface area contributed by atoms with Crippen LogP contribution >= 0.6 is 11.8 Å². The number of nitrogens with one attached hydrogen (secondary N) is 1. The van der Waals surface area contributed by atoms with E-state index in [2.05, 4.69) is 32.6 Å². The van der Waals surface area contributed by atoms with Gasteiger partial charge in [0.1, 0.15) is 20.1 Å². The summed E-state index contributed by atoms with van der Waals surface area (Å²) >= 11 is 1.77. The average molecular weight is 431 g/mol. The molecule has 10 heteroatoms. The Labute approximate surface area is 180 Å². The fraction of sp³-hybridized carbons (Fsp3) is 0.400. The van der Waals surface area contributed by atoms with Crippen LogP contribution in [0.3, 0.4) is 0 Å². The third kappa shape index (κ3) is 4.43. The van der Waals surface area contributed by atoms with E-state index in [1.807, 2.05) is 43.5 Å². The number of hydrogen-bond acceptors (Lipinski definition) is 9. The third-order valence-corrected chi connectivity index (χ3v) is 6.09. The number of amides is 1. The first-order valence-corrected chi connectivity index (χ1v) is 10.3. The highest BCUT2D eigenvalue weighted by molar-refractivity contribution is 8.03. The fourth-order valence-electron chi connectivity index (χ4n) is 3.27. The van der Waals surface area contributed by atoms with Crippen LogP contribution in [0.15, 0.2) is 44.2 Å². The van der Waals surface area contributed by atoms with E-state index >= 15 is 0 Å². The van der Waals surface area contributed by atoms with Crippen molar-refractivity contribution in [3.63, 3.8) is 0 Å². The van der Waals surface area contributed by atoms with Gasteiger partial charge in [0.25, 0.3) is 5.91 Å². The number of hydrazone groups is 1. The van der Waals surface area contributed by atoms with Crippen LogP contribution in [-0.2, 0) is 21.1 Å². The molecule has 1 atom stereocenters. The smallest absolute Gasteiger partial charge is 0.273 e. The monoisotopic (exact) mass is 430 g/mol. The quantitative estimate of drug-likeness (QED) is 0.503. The number of hydrogen-bond donors (Lipinski definition) is 1. The number of carbonyl (C=O) groups excluding carboxylic acids is 1. The van der Waals surface area contributed by atoms with Crippen molar-refractivity contribution in [3.05, 3.63) is 45.5 Å². The summed E-state index contributed by atoms with van der Waals surface area (Å²) in [7, 11) is 4.97. The summed E-state index contributed by atoms with van der Waals surface area (Å²) < 4.78 is 0. The molecule has 1 aromatic carbocycles. The van der Waals surface area contributed by atoms with Crippen molar-refractivity contribution in [1.29, 1.82) is 0 Å². The van der Waals surface area contributed by atoms with Crippen molar-refractivity contribution in [2.24, 2.45) is 15.4 Å². The highest BCUT2D eigenvalue weighted by Crippen LogP contribution is 2.41. The van der Waals surface area contributed by atoms with Crippen LogP contribution in [0.1, 0.15) is 30.0 Å². The van der Waals surface area contributed by atoms with Crippen molar-refractivity contribution in [1.82, 2.24) is 15.2 Å². The number of rotatable bonds is 8. The Morgan fingerprint density at radius 2 is 2.20 bits per heavy atom. The molecule has 0 aromatic heterocycles. The second-order valence-corrected chi connectivity index (χ2v) is 8.03. The Morgan fingerprint density at radius 1 is 1.40 bits per heavy atom. The van der Waals surface area contributed by atoms with E-state index in [1.165, 1.54) is 12.0 Å². The van der Waals surface area contributed by atoms with Gasteiger partial charge < -0.3 is 19.9 Å². The molecule has 1 aromatic rings. The predicted molar refractivity (Wildman–Crippen MR) is 119 cm³/mol. The van der Waals surface area contributed by atoms with E-state index in [4.69, 9.17) is 9.68 Å². The van der Waals surface area contributed by atoms with E-state index in [9.17, 15) is 4.79 Å². The predicted octanol–water partition coefficient (Wildman–Crippen LogP) is 2.44. The minimum atomic E-state index is -0.331. The standard InChI is InChI=1S/C20H26N6O3S/c1-13-7-6-8-15(17(13)18(24-28-5)19(27)21-3)11-29-23-10-9-16-14(2)30-20-25(4)12-22-26(16)20/h6-8,10,12,20H,9,11H2,1-5H3,(H,21,27)/b23-10?,24-18+. The molecule has 0 saturated carbocycles. The van der Waals surface area contributed by atoms with Gasteiger partial charge in [0, 0.05) is 42.8 Å². The van der Waals surface area contributed by atoms with Crippen molar-refractivity contribution in [2.45, 2.75) is 32.4 Å². The van der Waals surface area contributed by atoms with Gasteiger partial charge in [-0.25, -0.2) is 5.01 Å². The maximum absolute atomic E-state index is 12.3. The van der Waals surface area contributed by atoms with E-state index in [1.54, 1.807) is 25.0 Å². The van der Waals surface area contributed by atoms with Crippen molar-refractivity contribution in [2.75, 3.05) is 21.2 Å². The summed E-state index contributed by atoms with van der Waals surface area (Å²) in [5.41, 5.74) is 3.87. The van der Waals surface area contributed by atoms with Crippen LogP contribution in [0.2, 0.25) is 0 Å².